The number of thiazole rings is 1. The minimum atomic E-state index is -0.344. The molecule has 0 radical (unpaired) electrons. The van der Waals surface area contributed by atoms with Gasteiger partial charge in [0, 0.05) is 4.90 Å². The SMILES string of the molecule is CCOC(=O)Cn1c(=NC(=O)Cc2ccc(C)cc2)sc2cc(SC)ccc21. The van der Waals surface area contributed by atoms with E-state index in [0.29, 0.717) is 11.4 Å². The first kappa shape index (κ1) is 20.4. The Hall–Kier alpha value is -2.38. The van der Waals surface area contributed by atoms with E-state index in [-0.39, 0.29) is 24.8 Å². The van der Waals surface area contributed by atoms with Gasteiger partial charge in [-0.15, -0.1) is 11.8 Å². The number of hydrogen-bond acceptors (Lipinski definition) is 5. The van der Waals surface area contributed by atoms with Gasteiger partial charge in [0.05, 0.1) is 23.2 Å². The fourth-order valence-corrected chi connectivity index (χ4v) is 4.38. The first-order chi connectivity index (χ1) is 13.5. The normalized spacial score (nSPS) is 11.8. The van der Waals surface area contributed by atoms with Gasteiger partial charge in [-0.1, -0.05) is 41.2 Å². The molecule has 1 amide bonds. The summed E-state index contributed by atoms with van der Waals surface area (Å²) in [6.07, 6.45) is 2.24. The Bertz CT molecular complexity index is 1070. The molecule has 28 heavy (non-hydrogen) atoms. The van der Waals surface area contributed by atoms with E-state index in [1.54, 1.807) is 23.3 Å². The number of carbonyl (C=O) groups excluding carboxylic acids is 2. The molecular formula is C21H22N2O3S2. The molecule has 7 heteroatoms. The van der Waals surface area contributed by atoms with Crippen LogP contribution in [0.15, 0.2) is 52.4 Å². The highest BCUT2D eigenvalue weighted by atomic mass is 32.2. The summed E-state index contributed by atoms with van der Waals surface area (Å²) in [5, 5.41) is 0. The van der Waals surface area contributed by atoms with Gasteiger partial charge in [0.1, 0.15) is 6.54 Å². The van der Waals surface area contributed by atoms with Crippen LogP contribution in [0, 0.1) is 6.92 Å². The number of fused-ring (bicyclic) bond motifs is 1. The van der Waals surface area contributed by atoms with Crippen LogP contribution < -0.4 is 4.80 Å². The van der Waals surface area contributed by atoms with Crippen molar-refractivity contribution in [1.82, 2.24) is 4.57 Å². The van der Waals surface area contributed by atoms with Gasteiger partial charge in [-0.2, -0.15) is 4.99 Å². The third-order valence-electron chi connectivity index (χ3n) is 4.18. The van der Waals surface area contributed by atoms with Gasteiger partial charge < -0.3 is 9.30 Å². The van der Waals surface area contributed by atoms with Gasteiger partial charge in [-0.3, -0.25) is 9.59 Å². The van der Waals surface area contributed by atoms with Gasteiger partial charge in [-0.05, 0) is 43.9 Å². The van der Waals surface area contributed by atoms with Crippen molar-refractivity contribution in [3.8, 4) is 0 Å². The predicted octanol–water partition coefficient (Wildman–Crippen LogP) is 3.97. The van der Waals surface area contributed by atoms with E-state index < -0.39 is 0 Å². The Morgan fingerprint density at radius 2 is 1.93 bits per heavy atom. The number of benzene rings is 2. The van der Waals surface area contributed by atoms with Crippen molar-refractivity contribution in [1.29, 1.82) is 0 Å². The molecule has 2 aromatic carbocycles. The van der Waals surface area contributed by atoms with Crippen LogP contribution in [0.25, 0.3) is 10.2 Å². The number of ether oxygens (including phenoxy) is 1. The van der Waals surface area contributed by atoms with Crippen LogP contribution in [-0.4, -0.2) is 29.3 Å². The van der Waals surface area contributed by atoms with E-state index in [1.165, 1.54) is 11.3 Å². The summed E-state index contributed by atoms with van der Waals surface area (Å²) in [4.78, 5) is 30.5. The lowest BCUT2D eigenvalue weighted by molar-refractivity contribution is -0.143. The van der Waals surface area contributed by atoms with Crippen molar-refractivity contribution in [3.05, 3.63) is 58.4 Å². The average molecular weight is 415 g/mol. The highest BCUT2D eigenvalue weighted by Gasteiger charge is 2.13. The molecular weight excluding hydrogens is 392 g/mol. The van der Waals surface area contributed by atoms with Gasteiger partial charge >= 0.3 is 5.97 Å². The number of aromatic nitrogens is 1. The molecule has 0 N–H and O–H groups in total. The molecule has 0 aliphatic rings. The lowest BCUT2D eigenvalue weighted by Gasteiger charge is -2.05. The van der Waals surface area contributed by atoms with E-state index in [4.69, 9.17) is 4.74 Å². The minimum absolute atomic E-state index is 0.0309. The quantitative estimate of drug-likeness (QED) is 0.452. The molecule has 0 saturated carbocycles. The fraction of sp³-hybridized carbons (Fsp3) is 0.286. The molecule has 5 nitrogen and oxygen atoms in total. The van der Waals surface area contributed by atoms with E-state index >= 15 is 0 Å². The predicted molar refractivity (Wildman–Crippen MR) is 114 cm³/mol. The third kappa shape index (κ3) is 4.91. The van der Waals surface area contributed by atoms with Crippen LogP contribution in [0.4, 0.5) is 0 Å². The molecule has 0 atom stereocenters. The van der Waals surface area contributed by atoms with E-state index in [9.17, 15) is 9.59 Å². The monoisotopic (exact) mass is 414 g/mol. The molecule has 1 heterocycles. The minimum Gasteiger partial charge on any atom is -0.465 e. The van der Waals surface area contributed by atoms with Crippen LogP contribution in [0.2, 0.25) is 0 Å². The summed E-state index contributed by atoms with van der Waals surface area (Å²) in [7, 11) is 0. The number of rotatable bonds is 6. The Balaban J connectivity index is 1.99. The number of esters is 1. The second-order valence-corrected chi connectivity index (χ2v) is 8.17. The summed E-state index contributed by atoms with van der Waals surface area (Å²) in [5.41, 5.74) is 2.94. The number of nitrogens with zero attached hydrogens (tertiary/aromatic N) is 2. The maximum atomic E-state index is 12.5. The second-order valence-electron chi connectivity index (χ2n) is 6.28. The van der Waals surface area contributed by atoms with Gasteiger partial charge in [0.2, 0.25) is 0 Å². The lowest BCUT2D eigenvalue weighted by Crippen LogP contribution is -2.23. The number of amides is 1. The highest BCUT2D eigenvalue weighted by molar-refractivity contribution is 7.98. The topological polar surface area (TPSA) is 60.7 Å². The summed E-state index contributed by atoms with van der Waals surface area (Å²) in [6, 6.07) is 13.8. The van der Waals surface area contributed by atoms with Crippen molar-refractivity contribution < 1.29 is 14.3 Å². The average Bonchev–Trinajstić information content (AvgIpc) is 2.99. The molecule has 3 rings (SSSR count). The molecule has 0 fully saturated rings. The van der Waals surface area contributed by atoms with Gasteiger partial charge in [0.25, 0.3) is 5.91 Å². The Morgan fingerprint density at radius 3 is 2.61 bits per heavy atom. The van der Waals surface area contributed by atoms with Crippen molar-refractivity contribution in [2.45, 2.75) is 31.7 Å². The lowest BCUT2D eigenvalue weighted by atomic mass is 10.1. The zero-order valence-corrected chi connectivity index (χ0v) is 17.7. The molecule has 3 aromatic rings. The Labute approximate surface area is 172 Å². The maximum Gasteiger partial charge on any atom is 0.326 e. The van der Waals surface area contributed by atoms with Gasteiger partial charge in [0.15, 0.2) is 4.80 Å². The van der Waals surface area contributed by atoms with Crippen LogP contribution in [0.5, 0.6) is 0 Å². The highest BCUT2D eigenvalue weighted by Crippen LogP contribution is 2.24. The van der Waals surface area contributed by atoms with E-state index in [1.807, 2.05) is 49.6 Å². The first-order valence-corrected chi connectivity index (χ1v) is 11.0. The molecule has 0 aliphatic heterocycles. The van der Waals surface area contributed by atoms with E-state index in [0.717, 1.165) is 26.2 Å². The maximum absolute atomic E-state index is 12.5. The Morgan fingerprint density at radius 1 is 1.18 bits per heavy atom. The molecule has 0 unspecified atom stereocenters. The summed E-state index contributed by atoms with van der Waals surface area (Å²) >= 11 is 3.06. The van der Waals surface area contributed by atoms with E-state index in [2.05, 4.69) is 11.1 Å². The summed E-state index contributed by atoms with van der Waals surface area (Å²) in [6.45, 7) is 4.13. The zero-order chi connectivity index (χ0) is 20.1. The summed E-state index contributed by atoms with van der Waals surface area (Å²) < 4.78 is 7.83. The first-order valence-electron chi connectivity index (χ1n) is 8.96. The summed E-state index contributed by atoms with van der Waals surface area (Å²) in [5.74, 6) is -0.582. The molecule has 0 saturated heterocycles. The number of aryl methyl sites for hydroxylation is 1. The molecule has 0 spiro atoms. The third-order valence-corrected chi connectivity index (χ3v) is 5.95. The van der Waals surface area contributed by atoms with Crippen LogP contribution in [0.1, 0.15) is 18.1 Å². The smallest absolute Gasteiger partial charge is 0.326 e. The largest absolute Gasteiger partial charge is 0.465 e. The molecule has 1 aromatic heterocycles. The molecule has 0 aliphatic carbocycles. The fourth-order valence-electron chi connectivity index (χ4n) is 2.78. The van der Waals surface area contributed by atoms with Crippen LogP contribution in [-0.2, 0) is 27.3 Å². The van der Waals surface area contributed by atoms with Crippen molar-refractivity contribution >= 4 is 45.2 Å². The van der Waals surface area contributed by atoms with Crippen LogP contribution in [0.3, 0.4) is 0 Å². The van der Waals surface area contributed by atoms with Crippen molar-refractivity contribution in [3.63, 3.8) is 0 Å². The molecule has 146 valence electrons. The standard InChI is InChI=1S/C21H22N2O3S2/c1-4-26-20(25)13-23-17-10-9-16(27-3)12-18(17)28-21(23)22-19(24)11-15-7-5-14(2)6-8-15/h5-10,12H,4,11,13H2,1-3H3. The molecule has 0 bridgehead atoms. The number of thioether (sulfide) groups is 1. The number of hydrogen-bond donors (Lipinski definition) is 0. The zero-order valence-electron chi connectivity index (χ0n) is 16.1. The van der Waals surface area contributed by atoms with Crippen LogP contribution >= 0.6 is 23.1 Å². The van der Waals surface area contributed by atoms with Gasteiger partial charge in [-0.25, -0.2) is 0 Å². The number of carbonyl (C=O) groups is 2. The van der Waals surface area contributed by atoms with Crippen molar-refractivity contribution in [2.75, 3.05) is 12.9 Å². The Kier molecular flexibility index (Phi) is 6.70. The van der Waals surface area contributed by atoms with Crippen molar-refractivity contribution in [2.24, 2.45) is 4.99 Å². The second kappa shape index (κ2) is 9.21.